The van der Waals surface area contributed by atoms with Gasteiger partial charge < -0.3 is 15.4 Å². The summed E-state index contributed by atoms with van der Waals surface area (Å²) in [6, 6.07) is 0. The van der Waals surface area contributed by atoms with Crippen molar-refractivity contribution >= 4 is 23.3 Å². The van der Waals surface area contributed by atoms with Gasteiger partial charge in [-0.1, -0.05) is 11.6 Å². The number of nitrogens with zero attached hydrogens (tertiary/aromatic N) is 2. The summed E-state index contributed by atoms with van der Waals surface area (Å²) in [6.45, 7) is 1.51. The molecule has 0 fully saturated rings. The summed E-state index contributed by atoms with van der Waals surface area (Å²) < 4.78 is 4.82. The van der Waals surface area contributed by atoms with Gasteiger partial charge in [0, 0.05) is 26.6 Å². The highest BCUT2D eigenvalue weighted by atomic mass is 35.5. The van der Waals surface area contributed by atoms with Crippen molar-refractivity contribution in [3.05, 3.63) is 17.5 Å². The predicted molar refractivity (Wildman–Crippen MR) is 65.0 cm³/mol. The van der Waals surface area contributed by atoms with E-state index in [1.165, 1.54) is 6.20 Å². The molecule has 0 spiro atoms. The number of rotatable bonds is 7. The van der Waals surface area contributed by atoms with Crippen LogP contribution in [0.1, 0.15) is 6.42 Å². The van der Waals surface area contributed by atoms with E-state index in [0.717, 1.165) is 0 Å². The van der Waals surface area contributed by atoms with Crippen LogP contribution in [-0.4, -0.2) is 42.7 Å². The van der Waals surface area contributed by atoms with Crippen LogP contribution in [-0.2, 0) is 9.53 Å². The van der Waals surface area contributed by atoms with Crippen LogP contribution in [0.4, 0.5) is 5.82 Å². The minimum Gasteiger partial charge on any atom is -0.383 e. The zero-order valence-corrected chi connectivity index (χ0v) is 10.3. The summed E-state index contributed by atoms with van der Waals surface area (Å²) in [5.74, 6) is 0.520. The van der Waals surface area contributed by atoms with Crippen molar-refractivity contribution in [2.45, 2.75) is 6.42 Å². The van der Waals surface area contributed by atoms with Gasteiger partial charge in [-0.05, 0) is 0 Å². The summed E-state index contributed by atoms with van der Waals surface area (Å²) in [4.78, 5) is 19.2. The van der Waals surface area contributed by atoms with E-state index in [0.29, 0.717) is 37.1 Å². The first-order chi connectivity index (χ1) is 8.22. The topological polar surface area (TPSA) is 76.1 Å². The average molecular weight is 259 g/mol. The van der Waals surface area contributed by atoms with E-state index >= 15 is 0 Å². The van der Waals surface area contributed by atoms with E-state index in [2.05, 4.69) is 20.6 Å². The molecule has 1 amide bonds. The molecule has 0 saturated carbocycles. The first-order valence-corrected chi connectivity index (χ1v) is 5.57. The molecule has 1 heterocycles. The van der Waals surface area contributed by atoms with Gasteiger partial charge in [-0.2, -0.15) is 0 Å². The highest BCUT2D eigenvalue weighted by Gasteiger charge is 2.01. The van der Waals surface area contributed by atoms with Crippen LogP contribution in [0.5, 0.6) is 0 Å². The number of halogens is 1. The average Bonchev–Trinajstić information content (AvgIpc) is 2.29. The fourth-order valence-electron chi connectivity index (χ4n) is 1.11. The second kappa shape index (κ2) is 7.81. The Morgan fingerprint density at radius 1 is 1.47 bits per heavy atom. The van der Waals surface area contributed by atoms with Crippen LogP contribution in [0.2, 0.25) is 5.15 Å². The molecule has 6 nitrogen and oxygen atoms in total. The van der Waals surface area contributed by atoms with Crippen LogP contribution in [0.15, 0.2) is 12.4 Å². The quantitative estimate of drug-likeness (QED) is 0.704. The van der Waals surface area contributed by atoms with Gasteiger partial charge in [0.25, 0.3) is 0 Å². The van der Waals surface area contributed by atoms with Gasteiger partial charge in [-0.15, -0.1) is 0 Å². The van der Waals surface area contributed by atoms with E-state index < -0.39 is 0 Å². The van der Waals surface area contributed by atoms with E-state index in [1.807, 2.05) is 0 Å². The molecule has 94 valence electrons. The van der Waals surface area contributed by atoms with Crippen molar-refractivity contribution in [2.75, 3.05) is 32.1 Å². The number of ether oxygens (including phenoxy) is 1. The number of anilines is 1. The fraction of sp³-hybridized carbons (Fsp3) is 0.500. The number of methoxy groups -OCH3 is 1. The summed E-state index contributed by atoms with van der Waals surface area (Å²) in [7, 11) is 1.59. The van der Waals surface area contributed by atoms with Crippen molar-refractivity contribution in [3.8, 4) is 0 Å². The van der Waals surface area contributed by atoms with Crippen LogP contribution in [0, 0.1) is 0 Å². The second-order valence-corrected chi connectivity index (χ2v) is 3.63. The van der Waals surface area contributed by atoms with Crippen molar-refractivity contribution in [3.63, 3.8) is 0 Å². The van der Waals surface area contributed by atoms with Crippen LogP contribution in [0.3, 0.4) is 0 Å². The number of carbonyl (C=O) groups excluding carboxylic acids is 1. The molecule has 0 saturated heterocycles. The number of carbonyl (C=O) groups is 1. The lowest BCUT2D eigenvalue weighted by atomic mass is 10.4. The van der Waals surface area contributed by atoms with Gasteiger partial charge in [0.15, 0.2) is 0 Å². The Labute approximate surface area is 105 Å². The smallest absolute Gasteiger partial charge is 0.221 e. The third kappa shape index (κ3) is 6.03. The molecule has 1 rings (SSSR count). The number of hydrogen-bond donors (Lipinski definition) is 2. The molecule has 1 aromatic heterocycles. The second-order valence-electron chi connectivity index (χ2n) is 3.25. The molecule has 0 unspecified atom stereocenters. The molecule has 0 bridgehead atoms. The zero-order chi connectivity index (χ0) is 12.5. The fourth-order valence-corrected chi connectivity index (χ4v) is 1.26. The molecule has 7 heteroatoms. The predicted octanol–water partition coefficient (Wildman–Crippen LogP) is 0.695. The maximum Gasteiger partial charge on any atom is 0.221 e. The van der Waals surface area contributed by atoms with Gasteiger partial charge in [-0.25, -0.2) is 4.98 Å². The summed E-state index contributed by atoms with van der Waals surface area (Å²) in [6.07, 6.45) is 3.36. The third-order valence-corrected chi connectivity index (χ3v) is 2.07. The van der Waals surface area contributed by atoms with E-state index in [1.54, 1.807) is 13.3 Å². The molecule has 17 heavy (non-hydrogen) atoms. The molecule has 0 aliphatic heterocycles. The van der Waals surface area contributed by atoms with Gasteiger partial charge >= 0.3 is 0 Å². The Morgan fingerprint density at radius 2 is 2.29 bits per heavy atom. The number of nitrogens with one attached hydrogen (secondary N) is 2. The minimum atomic E-state index is -0.0375. The largest absolute Gasteiger partial charge is 0.383 e. The third-order valence-electron chi connectivity index (χ3n) is 1.89. The maximum absolute atomic E-state index is 11.3. The zero-order valence-electron chi connectivity index (χ0n) is 9.57. The molecule has 1 aromatic rings. The number of aromatic nitrogens is 2. The summed E-state index contributed by atoms with van der Waals surface area (Å²) in [5, 5.41) is 5.99. The normalized spacial score (nSPS) is 10.0. The number of amides is 1. The van der Waals surface area contributed by atoms with Gasteiger partial charge in [0.2, 0.25) is 5.91 Å². The van der Waals surface area contributed by atoms with Gasteiger partial charge in [-0.3, -0.25) is 9.78 Å². The monoisotopic (exact) mass is 258 g/mol. The van der Waals surface area contributed by atoms with Crippen LogP contribution < -0.4 is 10.6 Å². The first-order valence-electron chi connectivity index (χ1n) is 5.19. The van der Waals surface area contributed by atoms with Crippen LogP contribution >= 0.6 is 11.6 Å². The Kier molecular flexibility index (Phi) is 6.27. The summed E-state index contributed by atoms with van der Waals surface area (Å²) in [5.41, 5.74) is 0. The molecular formula is C10H15ClN4O2. The van der Waals surface area contributed by atoms with Crippen molar-refractivity contribution < 1.29 is 9.53 Å². The van der Waals surface area contributed by atoms with E-state index in [4.69, 9.17) is 16.3 Å². The lowest BCUT2D eigenvalue weighted by Gasteiger charge is -2.06. The molecule has 0 aliphatic carbocycles. The molecule has 0 atom stereocenters. The summed E-state index contributed by atoms with van der Waals surface area (Å²) >= 11 is 5.66. The Bertz CT molecular complexity index is 362. The Balaban J connectivity index is 2.17. The van der Waals surface area contributed by atoms with Gasteiger partial charge in [0.05, 0.1) is 19.0 Å². The van der Waals surface area contributed by atoms with E-state index in [9.17, 15) is 4.79 Å². The van der Waals surface area contributed by atoms with Crippen molar-refractivity contribution in [1.82, 2.24) is 15.3 Å². The van der Waals surface area contributed by atoms with Gasteiger partial charge in [0.1, 0.15) is 11.0 Å². The molecule has 0 radical (unpaired) electrons. The lowest BCUT2D eigenvalue weighted by molar-refractivity contribution is -0.121. The highest BCUT2D eigenvalue weighted by molar-refractivity contribution is 6.29. The maximum atomic E-state index is 11.3. The van der Waals surface area contributed by atoms with E-state index in [-0.39, 0.29) is 5.91 Å². The molecule has 0 aromatic carbocycles. The Morgan fingerprint density at radius 3 is 3.00 bits per heavy atom. The minimum absolute atomic E-state index is 0.0375. The SMILES string of the molecule is COCCNC(=O)CCNc1cncc(Cl)n1. The molecule has 0 aliphatic rings. The highest BCUT2D eigenvalue weighted by Crippen LogP contribution is 2.06. The Hall–Kier alpha value is -1.40. The van der Waals surface area contributed by atoms with Crippen molar-refractivity contribution in [2.24, 2.45) is 0 Å². The van der Waals surface area contributed by atoms with Crippen LogP contribution in [0.25, 0.3) is 0 Å². The lowest BCUT2D eigenvalue weighted by Crippen LogP contribution is -2.28. The molecular weight excluding hydrogens is 244 g/mol. The standard InChI is InChI=1S/C10H15ClN4O2/c1-17-5-4-14-10(16)2-3-13-9-7-12-6-8(11)15-9/h6-7H,2-5H2,1H3,(H,13,15)(H,14,16). The van der Waals surface area contributed by atoms with Crippen molar-refractivity contribution in [1.29, 1.82) is 0 Å². The number of hydrogen-bond acceptors (Lipinski definition) is 5. The first kappa shape index (κ1) is 13.7. The molecule has 2 N–H and O–H groups in total.